The van der Waals surface area contributed by atoms with E-state index in [0.717, 1.165) is 18.4 Å². The second kappa shape index (κ2) is 13.9. The molecule has 0 bridgehead atoms. The van der Waals surface area contributed by atoms with E-state index in [-0.39, 0.29) is 40.9 Å². The first-order valence-electron chi connectivity index (χ1n) is 14.9. The molecule has 2 fully saturated rings. The number of alkyl carbamates (subject to hydrolysis) is 1. The van der Waals surface area contributed by atoms with Crippen molar-refractivity contribution >= 4 is 29.6 Å². The average molecular weight is 594 g/mol. The van der Waals surface area contributed by atoms with E-state index in [2.05, 4.69) is 10.6 Å². The summed E-state index contributed by atoms with van der Waals surface area (Å²) in [5.41, 5.74) is 1.16. The molecule has 232 valence electrons. The van der Waals surface area contributed by atoms with Gasteiger partial charge in [-0.2, -0.15) is 0 Å². The summed E-state index contributed by atoms with van der Waals surface area (Å²) >= 11 is 0. The van der Waals surface area contributed by atoms with Gasteiger partial charge in [-0.3, -0.25) is 9.59 Å². The van der Waals surface area contributed by atoms with Gasteiger partial charge in [-0.05, 0) is 76.5 Å². The number of amides is 3. The quantitative estimate of drug-likeness (QED) is 0.407. The number of hydrogen-bond acceptors (Lipinski definition) is 7. The second-order valence-electron chi connectivity index (χ2n) is 12.3. The lowest BCUT2D eigenvalue weighted by atomic mass is 9.81. The topological polar surface area (TPSA) is 123 Å². The first kappa shape index (κ1) is 31.8. The van der Waals surface area contributed by atoms with Crippen molar-refractivity contribution in [3.05, 3.63) is 59.7 Å². The standard InChI is InChI=1S/C33H43N3O7/c1-33(2,3)43-32(40)34-20-21-11-13-23(14-12-21)30(38)36-18-17-25(22-9-7-6-8-10-22)28(36)29(37)35-24-15-16-26(31(39)42-5)27(19-24)41-4/h6-10,15-16,19,21,23,25,28H,11-14,17-18,20H2,1-5H3,(H,34,40)(H,35,37). The largest absolute Gasteiger partial charge is 0.496 e. The van der Waals surface area contributed by atoms with Crippen molar-refractivity contribution in [1.82, 2.24) is 10.2 Å². The van der Waals surface area contributed by atoms with Crippen molar-refractivity contribution in [3.63, 3.8) is 0 Å². The first-order valence-corrected chi connectivity index (χ1v) is 14.9. The third-order valence-corrected chi connectivity index (χ3v) is 8.18. The van der Waals surface area contributed by atoms with Crippen LogP contribution in [0.2, 0.25) is 0 Å². The zero-order chi connectivity index (χ0) is 31.1. The maximum Gasteiger partial charge on any atom is 0.407 e. The molecule has 1 saturated heterocycles. The number of benzene rings is 2. The van der Waals surface area contributed by atoms with Crippen molar-refractivity contribution in [3.8, 4) is 5.75 Å². The zero-order valence-electron chi connectivity index (χ0n) is 25.7. The number of esters is 1. The molecule has 10 heteroatoms. The normalized spacial score (nSPS) is 21.9. The van der Waals surface area contributed by atoms with Gasteiger partial charge >= 0.3 is 12.1 Å². The monoisotopic (exact) mass is 593 g/mol. The van der Waals surface area contributed by atoms with Crippen LogP contribution in [0.15, 0.2) is 48.5 Å². The summed E-state index contributed by atoms with van der Waals surface area (Å²) in [6, 6.07) is 13.9. The highest BCUT2D eigenvalue weighted by molar-refractivity contribution is 6.00. The number of nitrogens with one attached hydrogen (secondary N) is 2. The molecule has 0 spiro atoms. The van der Waals surface area contributed by atoms with Crippen LogP contribution in [0.5, 0.6) is 5.75 Å². The minimum absolute atomic E-state index is 0.00393. The van der Waals surface area contributed by atoms with Crippen LogP contribution in [0, 0.1) is 11.8 Å². The average Bonchev–Trinajstić information content (AvgIpc) is 3.44. The summed E-state index contributed by atoms with van der Waals surface area (Å²) in [5, 5.41) is 5.82. The zero-order valence-corrected chi connectivity index (χ0v) is 25.7. The third kappa shape index (κ3) is 8.06. The Labute approximate surface area is 253 Å². The Bertz CT molecular complexity index is 1300. The first-order chi connectivity index (χ1) is 20.5. The minimum atomic E-state index is -0.687. The minimum Gasteiger partial charge on any atom is -0.496 e. The lowest BCUT2D eigenvalue weighted by molar-refractivity contribution is -0.141. The van der Waals surface area contributed by atoms with Gasteiger partial charge in [0.25, 0.3) is 0 Å². The smallest absolute Gasteiger partial charge is 0.407 e. The van der Waals surface area contributed by atoms with E-state index in [9.17, 15) is 19.2 Å². The van der Waals surface area contributed by atoms with Crippen molar-refractivity contribution in [2.24, 2.45) is 11.8 Å². The summed E-state index contributed by atoms with van der Waals surface area (Å²) in [7, 11) is 2.73. The van der Waals surface area contributed by atoms with Crippen LogP contribution in [0.3, 0.4) is 0 Å². The van der Waals surface area contributed by atoms with E-state index < -0.39 is 23.7 Å². The molecule has 1 saturated carbocycles. The van der Waals surface area contributed by atoms with Crippen LogP contribution in [0.25, 0.3) is 0 Å². The summed E-state index contributed by atoms with van der Waals surface area (Å²) in [6.45, 7) is 6.49. The number of likely N-dealkylation sites (tertiary alicyclic amines) is 1. The molecular weight excluding hydrogens is 550 g/mol. The predicted octanol–water partition coefficient (Wildman–Crippen LogP) is 5.14. The van der Waals surface area contributed by atoms with Crippen molar-refractivity contribution in [1.29, 1.82) is 0 Å². The molecule has 2 aromatic carbocycles. The van der Waals surface area contributed by atoms with E-state index in [1.807, 2.05) is 51.1 Å². The fraction of sp³-hybridized carbons (Fsp3) is 0.515. The van der Waals surface area contributed by atoms with E-state index in [1.165, 1.54) is 14.2 Å². The van der Waals surface area contributed by atoms with Gasteiger partial charge < -0.3 is 29.7 Å². The lowest BCUT2D eigenvalue weighted by Crippen LogP contribution is -2.48. The number of anilines is 1. The van der Waals surface area contributed by atoms with Crippen molar-refractivity contribution in [2.45, 2.75) is 70.4 Å². The number of rotatable bonds is 8. The Balaban J connectivity index is 1.45. The summed E-state index contributed by atoms with van der Waals surface area (Å²) in [6.07, 6.45) is 3.27. The SMILES string of the molecule is COC(=O)c1ccc(NC(=O)C2C(c3ccccc3)CCN2C(=O)C2CCC(CNC(=O)OC(C)(C)C)CC2)cc1OC. The molecule has 1 aliphatic heterocycles. The number of ether oxygens (including phenoxy) is 3. The Morgan fingerprint density at radius 2 is 1.63 bits per heavy atom. The van der Waals surface area contributed by atoms with Gasteiger partial charge in [0.2, 0.25) is 11.8 Å². The van der Waals surface area contributed by atoms with E-state index in [4.69, 9.17) is 14.2 Å². The molecule has 0 radical (unpaired) electrons. The number of nitrogens with zero attached hydrogens (tertiary/aromatic N) is 1. The summed E-state index contributed by atoms with van der Waals surface area (Å²) in [4.78, 5) is 53.7. The molecule has 2 aromatic rings. The van der Waals surface area contributed by atoms with Gasteiger partial charge in [-0.25, -0.2) is 9.59 Å². The Hall–Kier alpha value is -4.08. The molecule has 3 amide bonds. The lowest BCUT2D eigenvalue weighted by Gasteiger charge is -2.34. The molecule has 10 nitrogen and oxygen atoms in total. The van der Waals surface area contributed by atoms with Crippen LogP contribution >= 0.6 is 0 Å². The van der Waals surface area contributed by atoms with E-state index in [1.54, 1.807) is 23.1 Å². The van der Waals surface area contributed by atoms with Crippen LogP contribution in [-0.2, 0) is 19.1 Å². The molecule has 2 aliphatic rings. The highest BCUT2D eigenvalue weighted by Gasteiger charge is 2.44. The highest BCUT2D eigenvalue weighted by atomic mass is 16.6. The van der Waals surface area contributed by atoms with Crippen LogP contribution in [-0.4, -0.2) is 67.7 Å². The molecule has 0 aromatic heterocycles. The molecular formula is C33H43N3O7. The number of methoxy groups -OCH3 is 2. The molecule has 4 rings (SSSR count). The molecule has 43 heavy (non-hydrogen) atoms. The van der Waals surface area contributed by atoms with Crippen molar-refractivity contribution < 1.29 is 33.4 Å². The fourth-order valence-corrected chi connectivity index (χ4v) is 6.07. The predicted molar refractivity (Wildman–Crippen MR) is 162 cm³/mol. The van der Waals surface area contributed by atoms with Gasteiger partial charge in [-0.15, -0.1) is 0 Å². The van der Waals surface area contributed by atoms with Gasteiger partial charge in [0.1, 0.15) is 23.0 Å². The summed E-state index contributed by atoms with van der Waals surface area (Å²) in [5.74, 6) is -0.617. The van der Waals surface area contributed by atoms with Gasteiger partial charge in [0, 0.05) is 36.7 Å². The Morgan fingerprint density at radius 3 is 2.26 bits per heavy atom. The summed E-state index contributed by atoms with van der Waals surface area (Å²) < 4.78 is 15.5. The van der Waals surface area contributed by atoms with Gasteiger partial charge in [-0.1, -0.05) is 30.3 Å². The van der Waals surface area contributed by atoms with E-state index >= 15 is 0 Å². The van der Waals surface area contributed by atoms with Gasteiger partial charge in [0.15, 0.2) is 0 Å². The highest BCUT2D eigenvalue weighted by Crippen LogP contribution is 2.38. The third-order valence-electron chi connectivity index (χ3n) is 8.18. The Kier molecular flexibility index (Phi) is 10.3. The molecule has 2 atom stereocenters. The van der Waals surface area contributed by atoms with Gasteiger partial charge in [0.05, 0.1) is 14.2 Å². The maximum absolute atomic E-state index is 13.9. The van der Waals surface area contributed by atoms with E-state index in [0.29, 0.717) is 38.0 Å². The van der Waals surface area contributed by atoms with Crippen LogP contribution in [0.1, 0.15) is 74.7 Å². The number of carbonyl (C=O) groups is 4. The second-order valence-corrected chi connectivity index (χ2v) is 12.3. The Morgan fingerprint density at radius 1 is 0.930 bits per heavy atom. The fourth-order valence-electron chi connectivity index (χ4n) is 6.07. The molecule has 1 heterocycles. The number of hydrogen-bond donors (Lipinski definition) is 2. The maximum atomic E-state index is 13.9. The van der Waals surface area contributed by atoms with Crippen LogP contribution < -0.4 is 15.4 Å². The molecule has 2 unspecified atom stereocenters. The molecule has 2 N–H and O–H groups in total. The van der Waals surface area contributed by atoms with Crippen LogP contribution in [0.4, 0.5) is 10.5 Å². The number of carbonyl (C=O) groups excluding carboxylic acids is 4. The van der Waals surface area contributed by atoms with Crippen molar-refractivity contribution in [2.75, 3.05) is 32.6 Å². The molecule has 1 aliphatic carbocycles.